The Kier molecular flexibility index (Phi) is 3.73. The van der Waals surface area contributed by atoms with E-state index < -0.39 is 11.6 Å². The lowest BCUT2D eigenvalue weighted by atomic mass is 10.2. The Bertz CT molecular complexity index is 792. The molecule has 0 saturated carbocycles. The molecule has 0 amide bonds. The second-order valence-electron chi connectivity index (χ2n) is 4.99. The maximum Gasteiger partial charge on any atom is 0.194 e. The number of nitrogens with one attached hydrogen (secondary N) is 1. The number of fused-ring (bicyclic) bond motifs is 1. The molecule has 21 heavy (non-hydrogen) atoms. The van der Waals surface area contributed by atoms with Crippen LogP contribution in [0.4, 0.5) is 8.78 Å². The highest BCUT2D eigenvalue weighted by Crippen LogP contribution is 2.20. The number of aromatic nitrogens is 2. The minimum atomic E-state index is -0.819. The van der Waals surface area contributed by atoms with E-state index in [0.717, 1.165) is 28.1 Å². The van der Waals surface area contributed by atoms with Gasteiger partial charge in [0.15, 0.2) is 16.6 Å². The van der Waals surface area contributed by atoms with Crippen LogP contribution in [0.5, 0.6) is 0 Å². The van der Waals surface area contributed by atoms with Crippen LogP contribution in [0.25, 0.3) is 4.96 Å². The summed E-state index contributed by atoms with van der Waals surface area (Å²) in [4.78, 5) is 5.50. The molecule has 0 spiro atoms. The quantitative estimate of drug-likeness (QED) is 0.798. The molecule has 3 aromatic rings. The van der Waals surface area contributed by atoms with Crippen LogP contribution in [0.3, 0.4) is 0 Å². The van der Waals surface area contributed by atoms with Gasteiger partial charge in [-0.25, -0.2) is 13.8 Å². The topological polar surface area (TPSA) is 29.3 Å². The molecular weight excluding hydrogens is 292 g/mol. The molecule has 0 atom stereocenters. The first kappa shape index (κ1) is 14.2. The maximum atomic E-state index is 13.1. The summed E-state index contributed by atoms with van der Waals surface area (Å²) in [7, 11) is 0. The average Bonchev–Trinajstić information content (AvgIpc) is 2.95. The van der Waals surface area contributed by atoms with Crippen molar-refractivity contribution in [3.63, 3.8) is 0 Å². The van der Waals surface area contributed by atoms with Crippen molar-refractivity contribution >= 4 is 16.3 Å². The molecule has 3 nitrogen and oxygen atoms in total. The van der Waals surface area contributed by atoms with Crippen molar-refractivity contribution in [1.29, 1.82) is 0 Å². The van der Waals surface area contributed by atoms with Gasteiger partial charge in [-0.15, -0.1) is 11.3 Å². The monoisotopic (exact) mass is 307 g/mol. The number of hydrogen-bond donors (Lipinski definition) is 1. The number of hydrogen-bond acceptors (Lipinski definition) is 3. The first-order valence-corrected chi connectivity index (χ1v) is 7.51. The number of imidazole rings is 1. The molecule has 2 heterocycles. The predicted molar refractivity (Wildman–Crippen MR) is 79.4 cm³/mol. The van der Waals surface area contributed by atoms with E-state index in [1.54, 1.807) is 17.4 Å². The van der Waals surface area contributed by atoms with Crippen molar-refractivity contribution in [3.05, 3.63) is 57.9 Å². The summed E-state index contributed by atoms with van der Waals surface area (Å²) in [6, 6.07) is 3.95. The van der Waals surface area contributed by atoms with Crippen LogP contribution in [-0.4, -0.2) is 9.38 Å². The molecule has 0 bridgehead atoms. The van der Waals surface area contributed by atoms with Gasteiger partial charge in [-0.3, -0.25) is 4.40 Å². The van der Waals surface area contributed by atoms with Gasteiger partial charge in [0.1, 0.15) is 0 Å². The van der Waals surface area contributed by atoms with Crippen LogP contribution in [-0.2, 0) is 13.1 Å². The van der Waals surface area contributed by atoms with Crippen molar-refractivity contribution in [2.75, 3.05) is 0 Å². The molecule has 0 fully saturated rings. The van der Waals surface area contributed by atoms with Crippen LogP contribution in [0.1, 0.15) is 22.6 Å². The van der Waals surface area contributed by atoms with E-state index in [1.165, 1.54) is 6.07 Å². The second-order valence-corrected chi connectivity index (χ2v) is 5.83. The Morgan fingerprint density at radius 2 is 2.00 bits per heavy atom. The second kappa shape index (κ2) is 5.54. The number of aryl methyl sites for hydroxylation is 2. The van der Waals surface area contributed by atoms with E-state index in [0.29, 0.717) is 18.7 Å². The Morgan fingerprint density at radius 3 is 2.76 bits per heavy atom. The van der Waals surface area contributed by atoms with Crippen LogP contribution in [0.15, 0.2) is 23.6 Å². The molecule has 2 aromatic heterocycles. The summed E-state index contributed by atoms with van der Waals surface area (Å²) in [5.41, 5.74) is 3.96. The molecule has 1 N–H and O–H groups in total. The Labute approximate surface area is 125 Å². The van der Waals surface area contributed by atoms with E-state index in [1.807, 2.05) is 13.8 Å². The lowest BCUT2D eigenvalue weighted by Gasteiger charge is -2.07. The fraction of sp³-hybridized carbons (Fsp3) is 0.267. The summed E-state index contributed by atoms with van der Waals surface area (Å²) >= 11 is 1.62. The van der Waals surface area contributed by atoms with E-state index in [9.17, 15) is 8.78 Å². The Hall–Kier alpha value is -1.79. The lowest BCUT2D eigenvalue weighted by Crippen LogP contribution is -2.15. The summed E-state index contributed by atoms with van der Waals surface area (Å²) in [6.45, 7) is 5.13. The fourth-order valence-electron chi connectivity index (χ4n) is 2.35. The third-order valence-electron chi connectivity index (χ3n) is 3.44. The zero-order chi connectivity index (χ0) is 15.0. The molecule has 0 unspecified atom stereocenters. The minimum absolute atomic E-state index is 0.479. The van der Waals surface area contributed by atoms with Crippen LogP contribution >= 0.6 is 11.3 Å². The predicted octanol–water partition coefficient (Wildman–Crippen LogP) is 3.58. The van der Waals surface area contributed by atoms with E-state index >= 15 is 0 Å². The van der Waals surface area contributed by atoms with Gasteiger partial charge in [0, 0.05) is 24.2 Å². The minimum Gasteiger partial charge on any atom is -0.307 e. The van der Waals surface area contributed by atoms with Crippen molar-refractivity contribution in [2.45, 2.75) is 26.9 Å². The van der Waals surface area contributed by atoms with Gasteiger partial charge in [-0.05, 0) is 31.5 Å². The number of nitrogens with zero attached hydrogens (tertiary/aromatic N) is 2. The fourth-order valence-corrected chi connectivity index (χ4v) is 3.28. The lowest BCUT2D eigenvalue weighted by molar-refractivity contribution is 0.506. The van der Waals surface area contributed by atoms with Crippen molar-refractivity contribution < 1.29 is 8.78 Å². The van der Waals surface area contributed by atoms with Gasteiger partial charge in [-0.2, -0.15) is 0 Å². The molecule has 110 valence electrons. The highest BCUT2D eigenvalue weighted by Gasteiger charge is 2.11. The summed E-state index contributed by atoms with van der Waals surface area (Å²) < 4.78 is 28.1. The summed E-state index contributed by atoms with van der Waals surface area (Å²) in [6.07, 6.45) is 0. The highest BCUT2D eigenvalue weighted by atomic mass is 32.1. The largest absolute Gasteiger partial charge is 0.307 e. The summed E-state index contributed by atoms with van der Waals surface area (Å²) in [5, 5.41) is 5.33. The number of halogens is 2. The molecular formula is C15H15F2N3S. The molecule has 0 aliphatic rings. The molecule has 0 aliphatic carbocycles. The Balaban J connectivity index is 1.73. The Morgan fingerprint density at radius 1 is 1.19 bits per heavy atom. The van der Waals surface area contributed by atoms with Crippen molar-refractivity contribution in [2.24, 2.45) is 0 Å². The van der Waals surface area contributed by atoms with E-state index in [-0.39, 0.29) is 0 Å². The zero-order valence-corrected chi connectivity index (χ0v) is 12.6. The molecule has 1 aromatic carbocycles. The van der Waals surface area contributed by atoms with Gasteiger partial charge in [0.25, 0.3) is 0 Å². The van der Waals surface area contributed by atoms with E-state index in [4.69, 9.17) is 0 Å². The zero-order valence-electron chi connectivity index (χ0n) is 11.8. The number of rotatable bonds is 4. The summed E-state index contributed by atoms with van der Waals surface area (Å²) in [5.74, 6) is -1.63. The van der Waals surface area contributed by atoms with Crippen molar-refractivity contribution in [3.8, 4) is 0 Å². The maximum absolute atomic E-state index is 13.1. The number of benzene rings is 1. The third kappa shape index (κ3) is 2.69. The SMILES string of the molecule is Cc1nc2scc(C)n2c1CNCc1ccc(F)c(F)c1. The average molecular weight is 307 g/mol. The van der Waals surface area contributed by atoms with E-state index in [2.05, 4.69) is 20.1 Å². The van der Waals surface area contributed by atoms with Crippen LogP contribution in [0, 0.1) is 25.5 Å². The smallest absolute Gasteiger partial charge is 0.194 e. The first-order valence-electron chi connectivity index (χ1n) is 6.63. The van der Waals surface area contributed by atoms with Gasteiger partial charge in [-0.1, -0.05) is 6.07 Å². The normalized spacial score (nSPS) is 11.4. The molecule has 0 saturated heterocycles. The van der Waals surface area contributed by atoms with Gasteiger partial charge < -0.3 is 5.32 Å². The van der Waals surface area contributed by atoms with Gasteiger partial charge in [0.2, 0.25) is 0 Å². The standard InChI is InChI=1S/C15H15F2N3S/c1-9-8-21-15-19-10(2)14(20(9)15)7-18-6-11-3-4-12(16)13(17)5-11/h3-5,8,18H,6-7H2,1-2H3. The van der Waals surface area contributed by atoms with Gasteiger partial charge >= 0.3 is 0 Å². The van der Waals surface area contributed by atoms with Crippen molar-refractivity contribution in [1.82, 2.24) is 14.7 Å². The highest BCUT2D eigenvalue weighted by molar-refractivity contribution is 7.15. The molecule has 6 heteroatoms. The number of thiazole rings is 1. The van der Waals surface area contributed by atoms with Gasteiger partial charge in [0.05, 0.1) is 11.4 Å². The van der Waals surface area contributed by atoms with Crippen LogP contribution < -0.4 is 5.32 Å². The molecule has 0 radical (unpaired) electrons. The third-order valence-corrected chi connectivity index (χ3v) is 4.38. The molecule has 0 aliphatic heterocycles. The van der Waals surface area contributed by atoms with Crippen LogP contribution in [0.2, 0.25) is 0 Å². The first-order chi connectivity index (χ1) is 10.1. The molecule has 3 rings (SSSR count).